The monoisotopic (exact) mass is 477 g/mol. The first-order valence-electron chi connectivity index (χ1n) is 10.4. The molecular weight excluding hydrogens is 455 g/mol. The van der Waals surface area contributed by atoms with Crippen LogP contribution in [0.4, 0.5) is 24.7 Å². The van der Waals surface area contributed by atoms with Crippen LogP contribution in [0.2, 0.25) is 5.02 Å². The highest BCUT2D eigenvalue weighted by atomic mass is 35.5. The fourth-order valence-corrected chi connectivity index (χ4v) is 4.27. The molecule has 1 fully saturated rings. The molecule has 11 heteroatoms. The van der Waals surface area contributed by atoms with Crippen LogP contribution in [0.5, 0.6) is 0 Å². The van der Waals surface area contributed by atoms with Gasteiger partial charge in [0.2, 0.25) is 0 Å². The second-order valence-electron chi connectivity index (χ2n) is 8.67. The molecule has 33 heavy (non-hydrogen) atoms. The highest BCUT2D eigenvalue weighted by Crippen LogP contribution is 2.40. The first-order valence-corrected chi connectivity index (χ1v) is 10.8. The Kier molecular flexibility index (Phi) is 5.88. The van der Waals surface area contributed by atoms with Gasteiger partial charge in [-0.3, -0.25) is 4.40 Å². The number of piperidine rings is 1. The van der Waals surface area contributed by atoms with Crippen molar-refractivity contribution in [3.8, 4) is 17.3 Å². The van der Waals surface area contributed by atoms with Gasteiger partial charge in [-0.1, -0.05) is 11.6 Å². The van der Waals surface area contributed by atoms with Crippen molar-refractivity contribution in [2.24, 2.45) is 0 Å². The number of nitrogens with zero attached hydrogens (tertiary/aromatic N) is 4. The molecule has 1 saturated heterocycles. The minimum atomic E-state index is -4.72. The molecule has 0 saturated carbocycles. The van der Waals surface area contributed by atoms with Crippen LogP contribution in [0, 0.1) is 11.3 Å². The van der Waals surface area contributed by atoms with Crippen molar-refractivity contribution in [1.29, 1.82) is 5.26 Å². The average molecular weight is 478 g/mol. The number of rotatable bonds is 4. The zero-order valence-electron chi connectivity index (χ0n) is 18.3. The minimum Gasteiger partial charge on any atom is -0.387 e. The molecule has 0 aliphatic carbocycles. The highest BCUT2D eigenvalue weighted by molar-refractivity contribution is 6.34. The van der Waals surface area contributed by atoms with Crippen molar-refractivity contribution in [3.05, 3.63) is 40.8 Å². The summed E-state index contributed by atoms with van der Waals surface area (Å²) >= 11 is 6.20. The SMILES string of the molecule is CNc1cc(-c2nc(N[C@H]3CCC(C)(C)NC3)c3nccn3c2C(F)(F)F)cc(C#N)c1Cl. The summed E-state index contributed by atoms with van der Waals surface area (Å²) in [5.41, 5.74) is -0.707. The molecule has 3 aromatic rings. The molecule has 174 valence electrons. The third kappa shape index (κ3) is 4.43. The highest BCUT2D eigenvalue weighted by Gasteiger charge is 2.39. The number of hydrogen-bond acceptors (Lipinski definition) is 6. The van der Waals surface area contributed by atoms with Gasteiger partial charge in [0, 0.05) is 43.1 Å². The normalized spacial score (nSPS) is 18.2. The summed E-state index contributed by atoms with van der Waals surface area (Å²) in [7, 11) is 1.58. The molecule has 0 radical (unpaired) electrons. The van der Waals surface area contributed by atoms with Gasteiger partial charge in [-0.2, -0.15) is 18.4 Å². The summed E-state index contributed by atoms with van der Waals surface area (Å²) in [6.45, 7) is 4.86. The number of anilines is 2. The number of imidazole rings is 1. The largest absolute Gasteiger partial charge is 0.433 e. The maximum Gasteiger partial charge on any atom is 0.433 e. The number of benzene rings is 1. The lowest BCUT2D eigenvalue weighted by atomic mass is 9.91. The maximum absolute atomic E-state index is 14.2. The summed E-state index contributed by atoms with van der Waals surface area (Å²) < 4.78 is 43.7. The lowest BCUT2D eigenvalue weighted by Crippen LogP contribution is -2.50. The Hall–Kier alpha value is -3.03. The van der Waals surface area contributed by atoms with E-state index >= 15 is 0 Å². The Morgan fingerprint density at radius 1 is 1.33 bits per heavy atom. The van der Waals surface area contributed by atoms with E-state index in [-0.39, 0.29) is 44.9 Å². The topological polar surface area (TPSA) is 90.1 Å². The van der Waals surface area contributed by atoms with Crippen molar-refractivity contribution in [3.63, 3.8) is 0 Å². The zero-order chi connectivity index (χ0) is 24.0. The number of nitrogens with one attached hydrogen (secondary N) is 3. The minimum absolute atomic E-state index is 0.0000938. The first-order chi connectivity index (χ1) is 15.5. The number of halogens is 4. The van der Waals surface area contributed by atoms with E-state index in [1.165, 1.54) is 24.5 Å². The Morgan fingerprint density at radius 3 is 2.70 bits per heavy atom. The van der Waals surface area contributed by atoms with E-state index < -0.39 is 11.9 Å². The van der Waals surface area contributed by atoms with Crippen molar-refractivity contribution < 1.29 is 13.2 Å². The van der Waals surface area contributed by atoms with Gasteiger partial charge in [-0.25, -0.2) is 9.97 Å². The van der Waals surface area contributed by atoms with Crippen molar-refractivity contribution >= 4 is 28.8 Å². The molecule has 4 rings (SSSR count). The molecule has 1 aliphatic heterocycles. The van der Waals surface area contributed by atoms with Crippen LogP contribution in [0.25, 0.3) is 16.9 Å². The van der Waals surface area contributed by atoms with Gasteiger partial charge in [-0.15, -0.1) is 0 Å². The van der Waals surface area contributed by atoms with Crippen LogP contribution in [-0.4, -0.2) is 39.5 Å². The van der Waals surface area contributed by atoms with Crippen molar-refractivity contribution in [1.82, 2.24) is 19.7 Å². The molecule has 0 bridgehead atoms. The molecule has 1 aromatic carbocycles. The van der Waals surface area contributed by atoms with Crippen LogP contribution in [0.1, 0.15) is 37.9 Å². The fourth-order valence-electron chi connectivity index (χ4n) is 4.02. The smallest absolute Gasteiger partial charge is 0.387 e. The van der Waals surface area contributed by atoms with E-state index in [2.05, 4.69) is 39.8 Å². The van der Waals surface area contributed by atoms with Gasteiger partial charge >= 0.3 is 6.18 Å². The first kappa shape index (κ1) is 23.1. The molecule has 1 aliphatic rings. The number of alkyl halides is 3. The van der Waals surface area contributed by atoms with Gasteiger partial charge < -0.3 is 16.0 Å². The van der Waals surface area contributed by atoms with Gasteiger partial charge in [0.1, 0.15) is 11.8 Å². The van der Waals surface area contributed by atoms with E-state index in [0.29, 0.717) is 12.2 Å². The number of aromatic nitrogens is 3. The fraction of sp³-hybridized carbons (Fsp3) is 0.409. The van der Waals surface area contributed by atoms with Gasteiger partial charge in [0.25, 0.3) is 0 Å². The molecule has 0 spiro atoms. The number of fused-ring (bicyclic) bond motifs is 1. The molecule has 3 heterocycles. The second kappa shape index (κ2) is 8.39. The van der Waals surface area contributed by atoms with E-state index in [1.807, 2.05) is 6.07 Å². The van der Waals surface area contributed by atoms with Gasteiger partial charge in [0.15, 0.2) is 17.2 Å². The molecule has 1 atom stereocenters. The van der Waals surface area contributed by atoms with Crippen LogP contribution >= 0.6 is 11.6 Å². The Labute approximate surface area is 194 Å². The van der Waals surface area contributed by atoms with E-state index in [1.54, 1.807) is 7.05 Å². The third-order valence-electron chi connectivity index (χ3n) is 5.83. The van der Waals surface area contributed by atoms with Crippen LogP contribution in [-0.2, 0) is 6.18 Å². The molecular formula is C22H23ClF3N7. The van der Waals surface area contributed by atoms with Crippen molar-refractivity contribution in [2.75, 3.05) is 24.2 Å². The Bertz CT molecular complexity index is 1230. The maximum atomic E-state index is 14.2. The summed E-state index contributed by atoms with van der Waals surface area (Å²) in [4.78, 5) is 8.53. The van der Waals surface area contributed by atoms with E-state index in [0.717, 1.165) is 17.2 Å². The molecule has 0 unspecified atom stereocenters. The third-order valence-corrected chi connectivity index (χ3v) is 6.24. The summed E-state index contributed by atoms with van der Waals surface area (Å²) in [5.74, 6) is 0.244. The lowest BCUT2D eigenvalue weighted by Gasteiger charge is -2.36. The van der Waals surface area contributed by atoms with Crippen LogP contribution in [0.15, 0.2) is 24.5 Å². The van der Waals surface area contributed by atoms with E-state index in [9.17, 15) is 18.4 Å². The lowest BCUT2D eigenvalue weighted by molar-refractivity contribution is -0.141. The molecule has 7 nitrogen and oxygen atoms in total. The zero-order valence-corrected chi connectivity index (χ0v) is 19.1. The predicted octanol–water partition coefficient (Wildman–Crippen LogP) is 4.92. The summed E-state index contributed by atoms with van der Waals surface area (Å²) in [5, 5.41) is 19.1. The predicted molar refractivity (Wildman–Crippen MR) is 121 cm³/mol. The van der Waals surface area contributed by atoms with Crippen LogP contribution < -0.4 is 16.0 Å². The summed E-state index contributed by atoms with van der Waals surface area (Å²) in [6, 6.07) is 4.68. The average Bonchev–Trinajstić information content (AvgIpc) is 3.24. The number of nitriles is 1. The Balaban J connectivity index is 1.90. The molecule has 3 N–H and O–H groups in total. The van der Waals surface area contributed by atoms with E-state index in [4.69, 9.17) is 11.6 Å². The van der Waals surface area contributed by atoms with Crippen LogP contribution in [0.3, 0.4) is 0 Å². The number of hydrogen-bond donors (Lipinski definition) is 3. The second-order valence-corrected chi connectivity index (χ2v) is 9.05. The molecule has 0 amide bonds. The quantitative estimate of drug-likeness (QED) is 0.494. The van der Waals surface area contributed by atoms with Gasteiger partial charge in [-0.05, 0) is 38.8 Å². The summed E-state index contributed by atoms with van der Waals surface area (Å²) in [6.07, 6.45) is -0.421. The molecule has 2 aromatic heterocycles. The van der Waals surface area contributed by atoms with Gasteiger partial charge in [0.05, 0.1) is 16.3 Å². The standard InChI is InChI=1S/C22H23ClF3N7/c1-21(2)5-4-14(11-30-21)31-19-20-29-6-7-33(20)18(22(24,25)26)17(32-19)12-8-13(10-27)16(23)15(9-12)28-3/h6-9,14,28,30H,4-5,11H2,1-3H3,(H,31,32)/t14-/m0/s1. The van der Waals surface area contributed by atoms with Crippen molar-refractivity contribution in [2.45, 2.75) is 44.4 Å². The Morgan fingerprint density at radius 2 is 2.09 bits per heavy atom.